The summed E-state index contributed by atoms with van der Waals surface area (Å²) in [5.74, 6) is 0.323. The summed E-state index contributed by atoms with van der Waals surface area (Å²) in [5.41, 5.74) is 15.0. The van der Waals surface area contributed by atoms with Gasteiger partial charge in [-0.3, -0.25) is 10.2 Å². The van der Waals surface area contributed by atoms with E-state index >= 15 is 0 Å². The number of phenols is 5. The molecule has 0 fully saturated rings. The van der Waals surface area contributed by atoms with Crippen LogP contribution >= 0.6 is 12.2 Å². The Balaban J connectivity index is 0.000000265. The van der Waals surface area contributed by atoms with Gasteiger partial charge in [0.2, 0.25) is 0 Å². The number of benzene rings is 6. The summed E-state index contributed by atoms with van der Waals surface area (Å²) < 4.78 is 18.7. The lowest BCUT2D eigenvalue weighted by Crippen LogP contribution is -2.28. The summed E-state index contributed by atoms with van der Waals surface area (Å²) >= 11 is 4.81. The third-order valence-electron chi connectivity index (χ3n) is 9.15. The molecular formula is C55H57N11O13S. The van der Waals surface area contributed by atoms with Crippen molar-refractivity contribution in [2.24, 2.45) is 25.5 Å². The van der Waals surface area contributed by atoms with Crippen molar-refractivity contribution in [1.82, 2.24) is 32.4 Å². The summed E-state index contributed by atoms with van der Waals surface area (Å²) in [6, 6.07) is 46.1. The van der Waals surface area contributed by atoms with E-state index in [0.29, 0.717) is 32.9 Å². The number of methoxy groups -OCH3 is 1. The highest BCUT2D eigenvalue weighted by Crippen LogP contribution is 2.16. The van der Waals surface area contributed by atoms with E-state index in [-0.39, 0.29) is 47.7 Å². The summed E-state index contributed by atoms with van der Waals surface area (Å²) in [4.78, 5) is 44.2. The van der Waals surface area contributed by atoms with Crippen molar-refractivity contribution >= 4 is 72.6 Å². The molecule has 4 amide bonds. The van der Waals surface area contributed by atoms with Gasteiger partial charge in [-0.1, -0.05) is 91.0 Å². The monoisotopic (exact) mass is 1110 g/mol. The molecule has 0 bridgehead atoms. The molecule has 6 aromatic carbocycles. The number of hydrazone groups is 5. The number of thiocarbonyl (C=S) groups is 1. The molecule has 7 aromatic rings. The van der Waals surface area contributed by atoms with Crippen LogP contribution in [0.3, 0.4) is 0 Å². The Kier molecular flexibility index (Phi) is 29.7. The van der Waals surface area contributed by atoms with Gasteiger partial charge in [0.15, 0.2) is 10.9 Å². The van der Waals surface area contributed by atoms with Gasteiger partial charge >= 0.3 is 24.2 Å². The summed E-state index contributed by atoms with van der Waals surface area (Å²) in [5, 5.41) is 68.5. The molecule has 0 saturated heterocycles. The fourth-order valence-electron chi connectivity index (χ4n) is 5.25. The number of para-hydroxylation sites is 5. The van der Waals surface area contributed by atoms with Crippen molar-refractivity contribution in [1.29, 1.82) is 0 Å². The Hall–Kier alpha value is -11.1. The van der Waals surface area contributed by atoms with E-state index in [0.717, 1.165) is 5.56 Å². The molecule has 0 aliphatic heterocycles. The molecule has 0 radical (unpaired) electrons. The number of carbonyl (C=O) groups is 4. The van der Waals surface area contributed by atoms with E-state index < -0.39 is 24.2 Å². The number of amides is 4. The maximum atomic E-state index is 11.4. The molecule has 1 heterocycles. The van der Waals surface area contributed by atoms with Crippen molar-refractivity contribution in [2.75, 3.05) is 20.8 Å². The van der Waals surface area contributed by atoms with Crippen LogP contribution in [0.1, 0.15) is 50.9 Å². The quantitative estimate of drug-likeness (QED) is 0.0214. The molecule has 0 unspecified atom stereocenters. The smallest absolute Gasteiger partial charge is 0.428 e. The first kappa shape index (κ1) is 63.2. The number of nitrogens with zero attached hydrogens (tertiary/aromatic N) is 5. The molecule has 11 N–H and O–H groups in total. The van der Waals surface area contributed by atoms with Crippen LogP contribution in [0.15, 0.2) is 200 Å². The van der Waals surface area contributed by atoms with E-state index in [1.54, 1.807) is 111 Å². The molecule has 7 rings (SSSR count). The molecule has 0 aliphatic rings. The Morgan fingerprint density at radius 1 is 0.475 bits per heavy atom. The van der Waals surface area contributed by atoms with Crippen molar-refractivity contribution in [2.45, 2.75) is 13.5 Å². The second-order valence-electron chi connectivity index (χ2n) is 14.8. The average Bonchev–Trinajstić information content (AvgIpc) is 4.02. The van der Waals surface area contributed by atoms with Gasteiger partial charge in [-0.15, -0.1) is 0 Å². The van der Waals surface area contributed by atoms with E-state index in [4.69, 9.17) is 21.4 Å². The van der Waals surface area contributed by atoms with E-state index in [2.05, 4.69) is 67.4 Å². The number of furan rings is 1. The lowest BCUT2D eigenvalue weighted by molar-refractivity contribution is 0.0927. The van der Waals surface area contributed by atoms with Gasteiger partial charge in [-0.25, -0.2) is 36.1 Å². The molecule has 80 heavy (non-hydrogen) atoms. The number of phenolic OH excluding ortho intramolecular Hbond substituents is 5. The average molecular weight is 1110 g/mol. The maximum absolute atomic E-state index is 11.4. The summed E-state index contributed by atoms with van der Waals surface area (Å²) in [6.07, 6.45) is 6.34. The van der Waals surface area contributed by atoms with Crippen LogP contribution in [-0.4, -0.2) is 107 Å². The van der Waals surface area contributed by atoms with Gasteiger partial charge in [0.25, 0.3) is 0 Å². The van der Waals surface area contributed by atoms with Crippen LogP contribution < -0.4 is 32.4 Å². The van der Waals surface area contributed by atoms with Crippen molar-refractivity contribution in [3.8, 4) is 28.7 Å². The number of hydrogen-bond donors (Lipinski definition) is 11. The third kappa shape index (κ3) is 26.4. The van der Waals surface area contributed by atoms with Crippen LogP contribution in [0.2, 0.25) is 0 Å². The lowest BCUT2D eigenvalue weighted by Gasteiger charge is -2.03. The number of hydrogen-bond acceptors (Lipinski definition) is 19. The normalized spacial score (nSPS) is 10.3. The highest BCUT2D eigenvalue weighted by atomic mass is 32.1. The van der Waals surface area contributed by atoms with Crippen molar-refractivity contribution in [3.63, 3.8) is 0 Å². The predicted molar refractivity (Wildman–Crippen MR) is 305 cm³/mol. The summed E-state index contributed by atoms with van der Waals surface area (Å²) in [7, 11) is 2.94. The van der Waals surface area contributed by atoms with Crippen LogP contribution in [-0.2, 0) is 20.8 Å². The highest BCUT2D eigenvalue weighted by molar-refractivity contribution is 7.80. The zero-order chi connectivity index (χ0) is 58.2. The lowest BCUT2D eigenvalue weighted by atomic mass is 10.2. The molecule has 24 nitrogen and oxygen atoms in total. The Bertz CT molecular complexity index is 3090. The molecule has 0 aliphatic carbocycles. The van der Waals surface area contributed by atoms with Gasteiger partial charge in [-0.2, -0.15) is 25.5 Å². The SMILES string of the molecule is CCOC(=O)N/N=C\c1ccccc1O.CNC(=S)N/N=C\c1ccccc1O.COC(=O)N/N=C\c1ccccc1O.O=C(N/N=C\c1ccccc1O)OCc1ccccc1.O=C(N/N=C\c1ccccc1O)c1ccco1. The minimum Gasteiger partial charge on any atom is -0.507 e. The second kappa shape index (κ2) is 37.6. The fourth-order valence-corrected chi connectivity index (χ4v) is 5.30. The minimum atomic E-state index is -0.656. The molecular weight excluding hydrogens is 1050 g/mol. The Morgan fingerprint density at radius 3 is 1.18 bits per heavy atom. The van der Waals surface area contributed by atoms with Gasteiger partial charge in [-0.05, 0) is 97.5 Å². The van der Waals surface area contributed by atoms with Crippen molar-refractivity contribution < 1.29 is 63.3 Å². The molecule has 0 spiro atoms. The van der Waals surface area contributed by atoms with E-state index in [9.17, 15) is 44.7 Å². The Morgan fingerprint density at radius 2 is 0.825 bits per heavy atom. The van der Waals surface area contributed by atoms with Crippen LogP contribution in [0.4, 0.5) is 14.4 Å². The van der Waals surface area contributed by atoms with E-state index in [1.165, 1.54) is 74.8 Å². The highest BCUT2D eigenvalue weighted by Gasteiger charge is 2.07. The number of rotatable bonds is 14. The third-order valence-corrected chi connectivity index (χ3v) is 9.44. The van der Waals surface area contributed by atoms with Gasteiger partial charge in [0.05, 0.1) is 51.1 Å². The van der Waals surface area contributed by atoms with Gasteiger partial charge in [0, 0.05) is 34.9 Å². The predicted octanol–water partition coefficient (Wildman–Crippen LogP) is 7.78. The summed E-state index contributed by atoms with van der Waals surface area (Å²) in [6.45, 7) is 2.17. The number of ether oxygens (including phenoxy) is 3. The first-order valence-electron chi connectivity index (χ1n) is 23.3. The zero-order valence-electron chi connectivity index (χ0n) is 43.1. The topological polar surface area (TPSA) is 344 Å². The van der Waals surface area contributed by atoms with E-state index in [1.807, 2.05) is 36.4 Å². The first-order valence-corrected chi connectivity index (χ1v) is 23.8. The van der Waals surface area contributed by atoms with Crippen molar-refractivity contribution in [3.05, 3.63) is 209 Å². The molecule has 0 saturated carbocycles. The van der Waals surface area contributed by atoms with Crippen LogP contribution in [0.25, 0.3) is 0 Å². The number of aromatic hydroxyl groups is 5. The molecule has 25 heteroatoms. The van der Waals surface area contributed by atoms with Crippen LogP contribution in [0.5, 0.6) is 28.7 Å². The van der Waals surface area contributed by atoms with Crippen LogP contribution in [0, 0.1) is 0 Å². The second-order valence-corrected chi connectivity index (χ2v) is 15.2. The number of carbonyl (C=O) groups excluding carboxylic acids is 4. The molecule has 1 aromatic heterocycles. The largest absolute Gasteiger partial charge is 0.507 e. The Labute approximate surface area is 464 Å². The number of nitrogens with one attached hydrogen (secondary N) is 6. The molecule has 416 valence electrons. The molecule has 0 atom stereocenters. The zero-order valence-corrected chi connectivity index (χ0v) is 43.9. The maximum Gasteiger partial charge on any atom is 0.428 e. The standard InChI is InChI=1S/C15H14N2O3.C12H10N2O3.C10H12N2O3.C9H11N3OS.C9H10N2O3/c18-14-9-5-4-8-13(14)10-16-17-15(19)20-11-12-6-2-1-3-7-12;15-10-5-2-1-4-9(10)8-13-14-12(16)11-6-3-7-17-11;1-2-15-10(14)12-11-7-8-5-3-4-6-9(8)13;1-10-9(14)12-11-6-7-4-2-3-5-8(7)13;1-14-9(13)11-10-6-7-4-2-3-5-8(7)12/h1-10,18H,11H2,(H,17,19);1-8,15H,(H,14,16);3-7,13H,2H2,1H3,(H,12,14);2-6,13H,1H3,(H2,10,12,14);2-6,12H,1H3,(H,11,13)/b16-10-;13-8-;11-7-;11-6-;10-6-. The van der Waals surface area contributed by atoms with Gasteiger partial charge < -0.3 is 49.5 Å². The van der Waals surface area contributed by atoms with Gasteiger partial charge in [0.1, 0.15) is 35.4 Å². The fraction of sp³-hybridized carbons (Fsp3) is 0.0909. The minimum absolute atomic E-state index is 0.0932. The first-order chi connectivity index (χ1) is 38.7.